The number of nitrogens with one attached hydrogen (secondary N) is 2. The fraction of sp³-hybridized carbons (Fsp3) is 0.938. The van der Waals surface area contributed by atoms with Gasteiger partial charge in [-0.25, -0.2) is 4.79 Å². The molecule has 3 unspecified atom stereocenters. The standard InChI is InChI=1S/C16H34N2O3/c1-11(2)14(9-17-12(3)8-13(4)19)10-18-15(20)21-16(5,6)7/h11-14,17,19H,8-10H2,1-7H3,(H,18,20). The largest absolute Gasteiger partial charge is 0.444 e. The van der Waals surface area contributed by atoms with Crippen LogP contribution in [0.5, 0.6) is 0 Å². The van der Waals surface area contributed by atoms with Crippen LogP contribution in [0.15, 0.2) is 0 Å². The molecule has 3 atom stereocenters. The number of carbonyl (C=O) groups is 1. The van der Waals surface area contributed by atoms with E-state index in [2.05, 4.69) is 31.4 Å². The summed E-state index contributed by atoms with van der Waals surface area (Å²) in [6.45, 7) is 15.1. The maximum Gasteiger partial charge on any atom is 0.407 e. The normalized spacial score (nSPS) is 16.4. The molecule has 0 saturated carbocycles. The summed E-state index contributed by atoms with van der Waals surface area (Å²) in [7, 11) is 0. The zero-order valence-corrected chi connectivity index (χ0v) is 14.7. The Labute approximate surface area is 129 Å². The van der Waals surface area contributed by atoms with Gasteiger partial charge in [0.15, 0.2) is 0 Å². The van der Waals surface area contributed by atoms with E-state index in [-0.39, 0.29) is 18.2 Å². The van der Waals surface area contributed by atoms with Crippen LogP contribution in [-0.4, -0.2) is 42.0 Å². The summed E-state index contributed by atoms with van der Waals surface area (Å²) in [6, 6.07) is 0.257. The van der Waals surface area contributed by atoms with Crippen molar-refractivity contribution in [3.63, 3.8) is 0 Å². The quantitative estimate of drug-likeness (QED) is 0.644. The van der Waals surface area contributed by atoms with Gasteiger partial charge in [0.05, 0.1) is 6.10 Å². The molecule has 0 aliphatic heterocycles. The van der Waals surface area contributed by atoms with Crippen molar-refractivity contribution in [2.24, 2.45) is 11.8 Å². The highest BCUT2D eigenvalue weighted by molar-refractivity contribution is 5.67. The van der Waals surface area contributed by atoms with Crippen molar-refractivity contribution >= 4 is 6.09 Å². The van der Waals surface area contributed by atoms with Gasteiger partial charge in [0.2, 0.25) is 0 Å². The summed E-state index contributed by atoms with van der Waals surface area (Å²) in [5.74, 6) is 0.778. The molecule has 0 aliphatic rings. The molecule has 0 heterocycles. The third-order valence-corrected chi connectivity index (χ3v) is 3.27. The molecule has 0 aromatic rings. The maximum absolute atomic E-state index is 11.7. The number of hydrogen-bond acceptors (Lipinski definition) is 4. The van der Waals surface area contributed by atoms with Crippen LogP contribution in [0.2, 0.25) is 0 Å². The van der Waals surface area contributed by atoms with E-state index in [1.165, 1.54) is 0 Å². The lowest BCUT2D eigenvalue weighted by molar-refractivity contribution is 0.0514. The molecule has 0 saturated heterocycles. The topological polar surface area (TPSA) is 70.6 Å². The first-order chi connectivity index (χ1) is 9.51. The van der Waals surface area contributed by atoms with Crippen LogP contribution in [0, 0.1) is 11.8 Å². The van der Waals surface area contributed by atoms with Gasteiger partial charge >= 0.3 is 6.09 Å². The van der Waals surface area contributed by atoms with Crippen LogP contribution >= 0.6 is 0 Å². The zero-order valence-electron chi connectivity index (χ0n) is 14.7. The van der Waals surface area contributed by atoms with Gasteiger partial charge < -0.3 is 20.5 Å². The van der Waals surface area contributed by atoms with Crippen LogP contribution in [-0.2, 0) is 4.74 Å². The van der Waals surface area contributed by atoms with E-state index >= 15 is 0 Å². The highest BCUT2D eigenvalue weighted by Crippen LogP contribution is 2.11. The lowest BCUT2D eigenvalue weighted by Gasteiger charge is -2.26. The van der Waals surface area contributed by atoms with Crippen molar-refractivity contribution in [3.8, 4) is 0 Å². The Kier molecular flexibility index (Phi) is 8.90. The van der Waals surface area contributed by atoms with Gasteiger partial charge in [-0.2, -0.15) is 0 Å². The van der Waals surface area contributed by atoms with Crippen LogP contribution in [0.4, 0.5) is 4.79 Å². The van der Waals surface area contributed by atoms with E-state index in [0.29, 0.717) is 18.4 Å². The minimum Gasteiger partial charge on any atom is -0.444 e. The van der Waals surface area contributed by atoms with Crippen LogP contribution in [0.3, 0.4) is 0 Å². The molecule has 3 N–H and O–H groups in total. The number of carbonyl (C=O) groups excluding carboxylic acids is 1. The third kappa shape index (κ3) is 11.5. The molecule has 0 fully saturated rings. The second-order valence-electron chi connectivity index (χ2n) is 7.28. The van der Waals surface area contributed by atoms with E-state index in [9.17, 15) is 9.90 Å². The molecular weight excluding hydrogens is 268 g/mol. The van der Waals surface area contributed by atoms with Gasteiger partial charge in [0.1, 0.15) is 5.60 Å². The summed E-state index contributed by atoms with van der Waals surface area (Å²) < 4.78 is 5.24. The smallest absolute Gasteiger partial charge is 0.407 e. The average molecular weight is 302 g/mol. The fourth-order valence-electron chi connectivity index (χ4n) is 2.02. The van der Waals surface area contributed by atoms with E-state index in [1.807, 2.05) is 20.8 Å². The van der Waals surface area contributed by atoms with E-state index in [4.69, 9.17) is 4.74 Å². The first-order valence-electron chi connectivity index (χ1n) is 7.89. The number of aliphatic hydroxyl groups is 1. The molecule has 0 spiro atoms. The van der Waals surface area contributed by atoms with Crippen molar-refractivity contribution < 1.29 is 14.6 Å². The number of ether oxygens (including phenoxy) is 1. The fourth-order valence-corrected chi connectivity index (χ4v) is 2.02. The van der Waals surface area contributed by atoms with E-state index < -0.39 is 5.60 Å². The number of hydrogen-bond donors (Lipinski definition) is 3. The lowest BCUT2D eigenvalue weighted by atomic mass is 9.95. The van der Waals surface area contributed by atoms with Crippen molar-refractivity contribution in [1.29, 1.82) is 0 Å². The molecule has 126 valence electrons. The van der Waals surface area contributed by atoms with Crippen molar-refractivity contribution in [1.82, 2.24) is 10.6 Å². The molecule has 5 heteroatoms. The van der Waals surface area contributed by atoms with Crippen molar-refractivity contribution in [3.05, 3.63) is 0 Å². The Hall–Kier alpha value is -0.810. The Morgan fingerprint density at radius 2 is 1.71 bits per heavy atom. The minimum absolute atomic E-state index is 0.257. The summed E-state index contributed by atoms with van der Waals surface area (Å²) in [5.41, 5.74) is -0.471. The summed E-state index contributed by atoms with van der Waals surface area (Å²) in [5, 5.41) is 15.6. The molecular formula is C16H34N2O3. The molecule has 21 heavy (non-hydrogen) atoms. The van der Waals surface area contributed by atoms with Crippen LogP contribution in [0.1, 0.15) is 54.9 Å². The van der Waals surface area contributed by atoms with E-state index in [1.54, 1.807) is 6.92 Å². The van der Waals surface area contributed by atoms with E-state index in [0.717, 1.165) is 13.0 Å². The second kappa shape index (κ2) is 9.26. The molecule has 1 amide bonds. The SMILES string of the molecule is CC(O)CC(C)NCC(CNC(=O)OC(C)(C)C)C(C)C. The Bertz CT molecular complexity index is 298. The first kappa shape index (κ1) is 20.2. The Morgan fingerprint density at radius 1 is 1.14 bits per heavy atom. The molecule has 0 aromatic carbocycles. The van der Waals surface area contributed by atoms with Gasteiger partial charge in [-0.3, -0.25) is 0 Å². The van der Waals surface area contributed by atoms with Gasteiger partial charge in [-0.15, -0.1) is 0 Å². The van der Waals surface area contributed by atoms with Crippen LogP contribution in [0.25, 0.3) is 0 Å². The number of aliphatic hydroxyl groups excluding tert-OH is 1. The maximum atomic E-state index is 11.7. The highest BCUT2D eigenvalue weighted by Gasteiger charge is 2.19. The Morgan fingerprint density at radius 3 is 2.14 bits per heavy atom. The molecule has 5 nitrogen and oxygen atoms in total. The number of rotatable bonds is 8. The second-order valence-corrected chi connectivity index (χ2v) is 7.28. The monoisotopic (exact) mass is 302 g/mol. The lowest BCUT2D eigenvalue weighted by Crippen LogP contribution is -2.41. The van der Waals surface area contributed by atoms with Gasteiger partial charge in [-0.05, 0) is 52.9 Å². The summed E-state index contributed by atoms with van der Waals surface area (Å²) in [6.07, 6.45) is 0.0553. The predicted molar refractivity (Wildman–Crippen MR) is 86.3 cm³/mol. The number of amides is 1. The van der Waals surface area contributed by atoms with Crippen molar-refractivity contribution in [2.45, 2.75) is 72.6 Å². The minimum atomic E-state index is -0.471. The molecule has 0 radical (unpaired) electrons. The van der Waals surface area contributed by atoms with Gasteiger partial charge in [-0.1, -0.05) is 13.8 Å². The summed E-state index contributed by atoms with van der Waals surface area (Å²) >= 11 is 0. The molecule has 0 aromatic heterocycles. The van der Waals surface area contributed by atoms with Gasteiger partial charge in [0, 0.05) is 19.1 Å². The predicted octanol–water partition coefficient (Wildman–Crippen LogP) is 2.53. The average Bonchev–Trinajstić information content (AvgIpc) is 2.24. The number of alkyl carbamates (subject to hydrolysis) is 1. The molecule has 0 aliphatic carbocycles. The van der Waals surface area contributed by atoms with Crippen molar-refractivity contribution in [2.75, 3.05) is 13.1 Å². The summed E-state index contributed by atoms with van der Waals surface area (Å²) in [4.78, 5) is 11.7. The first-order valence-corrected chi connectivity index (χ1v) is 7.89. The third-order valence-electron chi connectivity index (χ3n) is 3.27. The molecule has 0 rings (SSSR count). The zero-order chi connectivity index (χ0) is 16.6. The van der Waals surface area contributed by atoms with Crippen LogP contribution < -0.4 is 10.6 Å². The van der Waals surface area contributed by atoms with Gasteiger partial charge in [0.25, 0.3) is 0 Å². The molecule has 0 bridgehead atoms. The Balaban J connectivity index is 4.17. The highest BCUT2D eigenvalue weighted by atomic mass is 16.6.